The van der Waals surface area contributed by atoms with Gasteiger partial charge in [-0.15, -0.1) is 0 Å². The number of hydrogen-bond acceptors (Lipinski definition) is 3. The van der Waals surface area contributed by atoms with Crippen molar-refractivity contribution in [3.8, 4) is 0 Å². The minimum atomic E-state index is -0.132. The van der Waals surface area contributed by atoms with Crippen LogP contribution in [0, 0.1) is 0 Å². The standard InChI is InChI=1S/C16H24O3/c1-12(2)19-16(17)10-9-14-5-7-15(8-6-14)11-13(3)18-4/h5-8,12-13H,9-11H2,1-4H3. The number of esters is 1. The van der Waals surface area contributed by atoms with E-state index >= 15 is 0 Å². The predicted molar refractivity (Wildman–Crippen MR) is 76.2 cm³/mol. The average Bonchev–Trinajstić information content (AvgIpc) is 2.37. The summed E-state index contributed by atoms with van der Waals surface area (Å²) in [7, 11) is 1.72. The predicted octanol–water partition coefficient (Wildman–Crippen LogP) is 3.15. The molecule has 0 radical (unpaired) electrons. The molecule has 0 aromatic heterocycles. The molecule has 0 heterocycles. The average molecular weight is 264 g/mol. The molecule has 19 heavy (non-hydrogen) atoms. The molecule has 0 saturated heterocycles. The minimum absolute atomic E-state index is 0.0367. The smallest absolute Gasteiger partial charge is 0.306 e. The summed E-state index contributed by atoms with van der Waals surface area (Å²) in [4.78, 5) is 11.4. The molecule has 1 rings (SSSR count). The third-order valence-corrected chi connectivity index (χ3v) is 2.93. The van der Waals surface area contributed by atoms with Crippen molar-refractivity contribution in [2.75, 3.05) is 7.11 Å². The maximum absolute atomic E-state index is 11.4. The van der Waals surface area contributed by atoms with Gasteiger partial charge in [-0.1, -0.05) is 24.3 Å². The topological polar surface area (TPSA) is 35.5 Å². The van der Waals surface area contributed by atoms with Crippen LogP contribution >= 0.6 is 0 Å². The van der Waals surface area contributed by atoms with Crippen LogP contribution in [0.15, 0.2) is 24.3 Å². The molecular formula is C16H24O3. The van der Waals surface area contributed by atoms with Gasteiger partial charge in [0.2, 0.25) is 0 Å². The number of hydrogen-bond donors (Lipinski definition) is 0. The zero-order valence-electron chi connectivity index (χ0n) is 12.3. The molecule has 0 bridgehead atoms. The Labute approximate surface area is 115 Å². The third-order valence-electron chi connectivity index (χ3n) is 2.93. The quantitative estimate of drug-likeness (QED) is 0.710. The van der Waals surface area contributed by atoms with Crippen molar-refractivity contribution >= 4 is 5.97 Å². The fraction of sp³-hybridized carbons (Fsp3) is 0.562. The number of aryl methyl sites for hydroxylation is 1. The number of carbonyl (C=O) groups excluding carboxylic acids is 1. The molecule has 0 fully saturated rings. The summed E-state index contributed by atoms with van der Waals surface area (Å²) in [6.07, 6.45) is 2.27. The van der Waals surface area contributed by atoms with E-state index in [9.17, 15) is 4.79 Å². The molecule has 0 aliphatic heterocycles. The first-order valence-corrected chi connectivity index (χ1v) is 6.81. The number of carbonyl (C=O) groups is 1. The van der Waals surface area contributed by atoms with Crippen LogP contribution in [0.5, 0.6) is 0 Å². The highest BCUT2D eigenvalue weighted by molar-refractivity contribution is 5.69. The summed E-state index contributed by atoms with van der Waals surface area (Å²) in [6, 6.07) is 8.33. The number of methoxy groups -OCH3 is 1. The Morgan fingerprint density at radius 2 is 1.68 bits per heavy atom. The Balaban J connectivity index is 2.42. The summed E-state index contributed by atoms with van der Waals surface area (Å²) in [5.74, 6) is -0.132. The Bertz CT molecular complexity index is 381. The van der Waals surface area contributed by atoms with Gasteiger partial charge in [0, 0.05) is 13.5 Å². The monoisotopic (exact) mass is 264 g/mol. The Kier molecular flexibility index (Phi) is 6.57. The molecule has 3 nitrogen and oxygen atoms in total. The van der Waals surface area contributed by atoms with Gasteiger partial charge in [0.25, 0.3) is 0 Å². The SMILES string of the molecule is COC(C)Cc1ccc(CCC(=O)OC(C)C)cc1. The van der Waals surface area contributed by atoms with Crippen molar-refractivity contribution in [3.63, 3.8) is 0 Å². The fourth-order valence-electron chi connectivity index (χ4n) is 1.83. The van der Waals surface area contributed by atoms with Gasteiger partial charge in [0.1, 0.15) is 0 Å². The van der Waals surface area contributed by atoms with E-state index in [0.29, 0.717) is 6.42 Å². The zero-order valence-corrected chi connectivity index (χ0v) is 12.3. The van der Waals surface area contributed by atoms with Crippen molar-refractivity contribution in [1.82, 2.24) is 0 Å². The minimum Gasteiger partial charge on any atom is -0.463 e. The van der Waals surface area contributed by atoms with Gasteiger partial charge in [-0.2, -0.15) is 0 Å². The van der Waals surface area contributed by atoms with Crippen molar-refractivity contribution < 1.29 is 14.3 Å². The molecule has 1 atom stereocenters. The van der Waals surface area contributed by atoms with E-state index < -0.39 is 0 Å². The number of rotatable bonds is 7. The van der Waals surface area contributed by atoms with Crippen molar-refractivity contribution in [3.05, 3.63) is 35.4 Å². The molecule has 1 aromatic rings. The fourth-order valence-corrected chi connectivity index (χ4v) is 1.83. The van der Waals surface area contributed by atoms with Crippen LogP contribution in [0.2, 0.25) is 0 Å². The van der Waals surface area contributed by atoms with Crippen LogP contribution in [0.3, 0.4) is 0 Å². The van der Waals surface area contributed by atoms with E-state index in [2.05, 4.69) is 31.2 Å². The van der Waals surface area contributed by atoms with Gasteiger partial charge < -0.3 is 9.47 Å². The second-order valence-corrected chi connectivity index (χ2v) is 5.11. The van der Waals surface area contributed by atoms with Crippen LogP contribution < -0.4 is 0 Å². The Morgan fingerprint density at radius 3 is 2.21 bits per heavy atom. The summed E-state index contributed by atoms with van der Waals surface area (Å²) in [5, 5.41) is 0. The van der Waals surface area contributed by atoms with Crippen molar-refractivity contribution in [2.24, 2.45) is 0 Å². The van der Waals surface area contributed by atoms with Gasteiger partial charge in [-0.3, -0.25) is 4.79 Å². The normalized spacial score (nSPS) is 12.5. The highest BCUT2D eigenvalue weighted by Gasteiger charge is 2.06. The van der Waals surface area contributed by atoms with Gasteiger partial charge >= 0.3 is 5.97 Å². The molecule has 0 amide bonds. The lowest BCUT2D eigenvalue weighted by Crippen LogP contribution is -2.12. The maximum Gasteiger partial charge on any atom is 0.306 e. The molecular weight excluding hydrogens is 240 g/mol. The van der Waals surface area contributed by atoms with Gasteiger partial charge in [-0.25, -0.2) is 0 Å². The Morgan fingerprint density at radius 1 is 1.11 bits per heavy atom. The van der Waals surface area contributed by atoms with Crippen molar-refractivity contribution in [2.45, 2.75) is 52.2 Å². The zero-order chi connectivity index (χ0) is 14.3. The first kappa shape index (κ1) is 15.7. The van der Waals surface area contributed by atoms with Crippen molar-refractivity contribution in [1.29, 1.82) is 0 Å². The second-order valence-electron chi connectivity index (χ2n) is 5.11. The van der Waals surface area contributed by atoms with Crippen LogP contribution in [0.4, 0.5) is 0 Å². The highest BCUT2D eigenvalue weighted by Crippen LogP contribution is 2.10. The summed E-state index contributed by atoms with van der Waals surface area (Å²) in [6.45, 7) is 5.78. The highest BCUT2D eigenvalue weighted by atomic mass is 16.5. The van der Waals surface area contributed by atoms with Crippen LogP contribution in [-0.2, 0) is 27.1 Å². The van der Waals surface area contributed by atoms with E-state index in [1.807, 2.05) is 13.8 Å². The summed E-state index contributed by atoms with van der Waals surface area (Å²) in [5.41, 5.74) is 2.41. The van der Waals surface area contributed by atoms with Gasteiger partial charge in [0.05, 0.1) is 12.2 Å². The number of benzene rings is 1. The molecule has 0 aliphatic rings. The van der Waals surface area contributed by atoms with Gasteiger partial charge in [0.15, 0.2) is 0 Å². The molecule has 1 aromatic carbocycles. The van der Waals surface area contributed by atoms with E-state index in [4.69, 9.17) is 9.47 Å². The molecule has 0 spiro atoms. The Hall–Kier alpha value is -1.35. The lowest BCUT2D eigenvalue weighted by atomic mass is 10.0. The second kappa shape index (κ2) is 7.95. The summed E-state index contributed by atoms with van der Waals surface area (Å²) >= 11 is 0. The molecule has 1 unspecified atom stereocenters. The van der Waals surface area contributed by atoms with Gasteiger partial charge in [-0.05, 0) is 44.7 Å². The lowest BCUT2D eigenvalue weighted by Gasteiger charge is -2.10. The molecule has 0 N–H and O–H groups in total. The molecule has 0 aliphatic carbocycles. The molecule has 106 valence electrons. The van der Waals surface area contributed by atoms with Crippen LogP contribution in [-0.4, -0.2) is 25.3 Å². The van der Waals surface area contributed by atoms with E-state index in [-0.39, 0.29) is 18.2 Å². The first-order valence-electron chi connectivity index (χ1n) is 6.81. The largest absolute Gasteiger partial charge is 0.463 e. The van der Waals surface area contributed by atoms with E-state index in [1.54, 1.807) is 7.11 Å². The maximum atomic E-state index is 11.4. The summed E-state index contributed by atoms with van der Waals surface area (Å²) < 4.78 is 10.3. The molecule has 3 heteroatoms. The van der Waals surface area contributed by atoms with E-state index in [0.717, 1.165) is 18.4 Å². The van der Waals surface area contributed by atoms with E-state index in [1.165, 1.54) is 5.56 Å². The first-order chi connectivity index (χ1) is 9.01. The van der Waals surface area contributed by atoms with Crippen LogP contribution in [0.1, 0.15) is 38.3 Å². The third kappa shape index (κ3) is 6.39. The lowest BCUT2D eigenvalue weighted by molar-refractivity contribution is -0.147. The van der Waals surface area contributed by atoms with Crippen LogP contribution in [0.25, 0.3) is 0 Å². The number of ether oxygens (including phenoxy) is 2. The molecule has 0 saturated carbocycles.